The Balaban J connectivity index is 3.14. The van der Waals surface area contributed by atoms with Crippen molar-refractivity contribution in [2.45, 2.75) is 27.2 Å². The van der Waals surface area contributed by atoms with Crippen molar-refractivity contribution in [1.29, 1.82) is 0 Å². The third-order valence-electron chi connectivity index (χ3n) is 2.32. The van der Waals surface area contributed by atoms with Crippen LogP contribution in [0, 0.1) is 5.41 Å². The first-order chi connectivity index (χ1) is 6.81. The fraction of sp³-hybridized carbons (Fsp3) is 0.538. The smallest absolute Gasteiger partial charge is 0.120 e. The standard InChI is InChI=1S/C13H21NO/c1-13(2,3)9-10-11(14(4)5)7-6-8-12(10)15/h6-8,15H,9H2,1-5H3. The first-order valence-corrected chi connectivity index (χ1v) is 5.29. The van der Waals surface area contributed by atoms with Crippen molar-refractivity contribution in [2.24, 2.45) is 5.41 Å². The Morgan fingerprint density at radius 2 is 1.80 bits per heavy atom. The number of aromatic hydroxyl groups is 1. The minimum absolute atomic E-state index is 0.184. The molecule has 0 aliphatic carbocycles. The SMILES string of the molecule is CN(C)c1cccc(O)c1CC(C)(C)C. The highest BCUT2D eigenvalue weighted by atomic mass is 16.3. The highest BCUT2D eigenvalue weighted by molar-refractivity contribution is 5.58. The van der Waals surface area contributed by atoms with Gasteiger partial charge in [0.2, 0.25) is 0 Å². The Kier molecular flexibility index (Phi) is 3.28. The molecule has 0 aromatic heterocycles. The molecule has 1 rings (SSSR count). The maximum Gasteiger partial charge on any atom is 0.120 e. The van der Waals surface area contributed by atoms with Gasteiger partial charge in [0.15, 0.2) is 0 Å². The molecule has 1 N–H and O–H groups in total. The Bertz CT molecular complexity index is 337. The molecule has 0 saturated heterocycles. The molecule has 0 radical (unpaired) electrons. The quantitative estimate of drug-likeness (QED) is 0.805. The molecule has 0 heterocycles. The molecule has 0 fully saturated rings. The normalized spacial score (nSPS) is 11.5. The van der Waals surface area contributed by atoms with Gasteiger partial charge in [-0.1, -0.05) is 26.8 Å². The average Bonchev–Trinajstić information content (AvgIpc) is 2.05. The minimum atomic E-state index is 0.184. The van der Waals surface area contributed by atoms with Gasteiger partial charge < -0.3 is 10.0 Å². The Hall–Kier alpha value is -1.18. The summed E-state index contributed by atoms with van der Waals surface area (Å²) in [4.78, 5) is 2.04. The molecule has 0 unspecified atom stereocenters. The number of benzene rings is 1. The second-order valence-electron chi connectivity index (χ2n) is 5.41. The van der Waals surface area contributed by atoms with Crippen LogP contribution >= 0.6 is 0 Å². The molecule has 84 valence electrons. The Morgan fingerprint density at radius 1 is 1.20 bits per heavy atom. The number of rotatable bonds is 2. The lowest BCUT2D eigenvalue weighted by Gasteiger charge is -2.24. The Morgan fingerprint density at radius 3 is 2.27 bits per heavy atom. The van der Waals surface area contributed by atoms with E-state index in [2.05, 4.69) is 20.8 Å². The van der Waals surface area contributed by atoms with Gasteiger partial charge >= 0.3 is 0 Å². The van der Waals surface area contributed by atoms with Crippen LogP contribution in [0.25, 0.3) is 0 Å². The van der Waals surface area contributed by atoms with E-state index < -0.39 is 0 Å². The van der Waals surface area contributed by atoms with Crippen LogP contribution < -0.4 is 4.90 Å². The molecule has 1 aromatic carbocycles. The summed E-state index contributed by atoms with van der Waals surface area (Å²) >= 11 is 0. The van der Waals surface area contributed by atoms with Crippen molar-refractivity contribution in [3.63, 3.8) is 0 Å². The van der Waals surface area contributed by atoms with E-state index in [1.165, 1.54) is 0 Å². The molecule has 0 amide bonds. The highest BCUT2D eigenvalue weighted by Crippen LogP contribution is 2.33. The van der Waals surface area contributed by atoms with Crippen molar-refractivity contribution < 1.29 is 5.11 Å². The molecule has 2 heteroatoms. The van der Waals surface area contributed by atoms with Crippen molar-refractivity contribution in [3.8, 4) is 5.75 Å². The summed E-state index contributed by atoms with van der Waals surface area (Å²) in [6.07, 6.45) is 0.882. The summed E-state index contributed by atoms with van der Waals surface area (Å²) in [5, 5.41) is 9.88. The second kappa shape index (κ2) is 4.13. The molecule has 0 bridgehead atoms. The molecule has 0 spiro atoms. The molecule has 0 saturated carbocycles. The molecule has 0 aliphatic heterocycles. The lowest BCUT2D eigenvalue weighted by atomic mass is 9.87. The number of anilines is 1. The zero-order valence-corrected chi connectivity index (χ0v) is 10.3. The van der Waals surface area contributed by atoms with Crippen molar-refractivity contribution >= 4 is 5.69 Å². The Labute approximate surface area is 92.5 Å². The zero-order chi connectivity index (χ0) is 11.6. The van der Waals surface area contributed by atoms with Gasteiger partial charge in [0.25, 0.3) is 0 Å². The van der Waals surface area contributed by atoms with Crippen LogP contribution in [0.4, 0.5) is 5.69 Å². The second-order valence-corrected chi connectivity index (χ2v) is 5.41. The van der Waals surface area contributed by atoms with E-state index in [1.54, 1.807) is 6.07 Å². The number of hydrogen-bond donors (Lipinski definition) is 1. The first kappa shape index (κ1) is 11.9. The summed E-state index contributed by atoms with van der Waals surface area (Å²) < 4.78 is 0. The van der Waals surface area contributed by atoms with Crippen LogP contribution in [0.5, 0.6) is 5.75 Å². The molecular weight excluding hydrogens is 186 g/mol. The lowest BCUT2D eigenvalue weighted by Crippen LogP contribution is -2.15. The fourth-order valence-electron chi connectivity index (χ4n) is 1.69. The van der Waals surface area contributed by atoms with Crippen LogP contribution in [-0.4, -0.2) is 19.2 Å². The lowest BCUT2D eigenvalue weighted by molar-refractivity contribution is 0.395. The summed E-state index contributed by atoms with van der Waals surface area (Å²) in [6.45, 7) is 6.54. The van der Waals surface area contributed by atoms with Crippen molar-refractivity contribution in [3.05, 3.63) is 23.8 Å². The average molecular weight is 207 g/mol. The summed E-state index contributed by atoms with van der Waals surface area (Å²) in [5.41, 5.74) is 2.32. The van der Waals surface area contributed by atoms with E-state index >= 15 is 0 Å². The molecule has 0 aliphatic rings. The van der Waals surface area contributed by atoms with Gasteiger partial charge in [-0.25, -0.2) is 0 Å². The van der Waals surface area contributed by atoms with Gasteiger partial charge in [-0.2, -0.15) is 0 Å². The van der Waals surface area contributed by atoms with Crippen molar-refractivity contribution in [2.75, 3.05) is 19.0 Å². The van der Waals surface area contributed by atoms with E-state index in [4.69, 9.17) is 0 Å². The number of phenolic OH excluding ortho intramolecular Hbond substituents is 1. The van der Waals surface area contributed by atoms with E-state index in [0.717, 1.165) is 17.7 Å². The highest BCUT2D eigenvalue weighted by Gasteiger charge is 2.17. The topological polar surface area (TPSA) is 23.5 Å². The van der Waals surface area contributed by atoms with Gasteiger partial charge in [0.05, 0.1) is 0 Å². The molecule has 15 heavy (non-hydrogen) atoms. The minimum Gasteiger partial charge on any atom is -0.508 e. The van der Waals surface area contributed by atoms with Gasteiger partial charge in [-0.3, -0.25) is 0 Å². The first-order valence-electron chi connectivity index (χ1n) is 5.29. The van der Waals surface area contributed by atoms with Crippen LogP contribution in [0.1, 0.15) is 26.3 Å². The molecule has 0 atom stereocenters. The number of hydrogen-bond acceptors (Lipinski definition) is 2. The third kappa shape index (κ3) is 3.15. The van der Waals surface area contributed by atoms with E-state index in [1.807, 2.05) is 31.1 Å². The third-order valence-corrected chi connectivity index (χ3v) is 2.32. The van der Waals surface area contributed by atoms with Crippen LogP contribution in [0.3, 0.4) is 0 Å². The molecule has 2 nitrogen and oxygen atoms in total. The maximum atomic E-state index is 9.88. The van der Waals surface area contributed by atoms with Gasteiger partial charge in [-0.05, 0) is 24.0 Å². The predicted molar refractivity (Wildman–Crippen MR) is 65.6 cm³/mol. The maximum absolute atomic E-state index is 9.88. The summed E-state index contributed by atoms with van der Waals surface area (Å²) in [5.74, 6) is 0.399. The predicted octanol–water partition coefficient (Wildman–Crippen LogP) is 3.05. The van der Waals surface area contributed by atoms with Gasteiger partial charge in [0.1, 0.15) is 5.75 Å². The van der Waals surface area contributed by atoms with Gasteiger partial charge in [0, 0.05) is 25.3 Å². The van der Waals surface area contributed by atoms with Crippen LogP contribution in [0.15, 0.2) is 18.2 Å². The zero-order valence-electron chi connectivity index (χ0n) is 10.3. The fourth-order valence-corrected chi connectivity index (χ4v) is 1.69. The monoisotopic (exact) mass is 207 g/mol. The summed E-state index contributed by atoms with van der Waals surface area (Å²) in [7, 11) is 4.00. The summed E-state index contributed by atoms with van der Waals surface area (Å²) in [6, 6.07) is 5.69. The van der Waals surface area contributed by atoms with Crippen LogP contribution in [-0.2, 0) is 6.42 Å². The molecule has 1 aromatic rings. The van der Waals surface area contributed by atoms with E-state index in [9.17, 15) is 5.11 Å². The van der Waals surface area contributed by atoms with E-state index in [-0.39, 0.29) is 5.41 Å². The molecular formula is C13H21NO. The van der Waals surface area contributed by atoms with Crippen molar-refractivity contribution in [1.82, 2.24) is 0 Å². The largest absolute Gasteiger partial charge is 0.508 e. The number of nitrogens with zero attached hydrogens (tertiary/aromatic N) is 1. The van der Waals surface area contributed by atoms with Gasteiger partial charge in [-0.15, -0.1) is 0 Å². The van der Waals surface area contributed by atoms with Crippen LogP contribution in [0.2, 0.25) is 0 Å². The number of phenols is 1. The van der Waals surface area contributed by atoms with E-state index in [0.29, 0.717) is 5.75 Å².